The number of rotatable bonds is 6. The number of aromatic nitrogens is 1. The van der Waals surface area contributed by atoms with E-state index in [0.29, 0.717) is 6.54 Å². The fourth-order valence-corrected chi connectivity index (χ4v) is 5.20. The number of benzene rings is 1. The smallest absolute Gasteiger partial charge is 0.227 e. The number of hydrogen-bond donors (Lipinski definition) is 0. The van der Waals surface area contributed by atoms with Crippen molar-refractivity contribution in [1.82, 2.24) is 9.88 Å². The summed E-state index contributed by atoms with van der Waals surface area (Å²) in [6, 6.07) is 11.4. The summed E-state index contributed by atoms with van der Waals surface area (Å²) in [6.45, 7) is 2.53. The van der Waals surface area contributed by atoms with E-state index in [9.17, 15) is 13.2 Å². The second-order valence-corrected chi connectivity index (χ2v) is 9.57. The molecule has 4 rings (SSSR count). The number of amides is 1. The number of sulfone groups is 1. The molecule has 2 aliphatic rings. The largest absolute Gasteiger partial charge is 0.372 e. The summed E-state index contributed by atoms with van der Waals surface area (Å²) >= 11 is 0. The predicted molar refractivity (Wildman–Crippen MR) is 113 cm³/mol. The molecule has 2 aliphatic heterocycles. The second-order valence-electron chi connectivity index (χ2n) is 7.64. The van der Waals surface area contributed by atoms with Crippen LogP contribution in [0.25, 0.3) is 0 Å². The molecule has 6 nitrogen and oxygen atoms in total. The van der Waals surface area contributed by atoms with E-state index in [1.807, 2.05) is 24.3 Å². The highest BCUT2D eigenvalue weighted by molar-refractivity contribution is 7.94. The van der Waals surface area contributed by atoms with E-state index in [2.05, 4.69) is 22.0 Å². The molecule has 29 heavy (non-hydrogen) atoms. The Labute approximate surface area is 171 Å². The highest BCUT2D eigenvalue weighted by Crippen LogP contribution is 2.22. The van der Waals surface area contributed by atoms with Gasteiger partial charge in [0.1, 0.15) is 0 Å². The number of hydrogen-bond acceptors (Lipinski definition) is 5. The summed E-state index contributed by atoms with van der Waals surface area (Å²) in [5.41, 5.74) is 3.05. The maximum absolute atomic E-state index is 13.1. The molecule has 0 aliphatic carbocycles. The second kappa shape index (κ2) is 8.37. The Bertz CT molecular complexity index is 982. The Morgan fingerprint density at radius 3 is 2.34 bits per heavy atom. The van der Waals surface area contributed by atoms with Crippen LogP contribution >= 0.6 is 0 Å². The summed E-state index contributed by atoms with van der Waals surface area (Å²) in [4.78, 5) is 21.2. The van der Waals surface area contributed by atoms with E-state index in [-0.39, 0.29) is 18.1 Å². The van der Waals surface area contributed by atoms with Crippen LogP contribution in [-0.4, -0.2) is 49.1 Å². The van der Waals surface area contributed by atoms with Gasteiger partial charge in [0.25, 0.3) is 0 Å². The number of carbonyl (C=O) groups is 1. The Morgan fingerprint density at radius 1 is 1.03 bits per heavy atom. The minimum absolute atomic E-state index is 0.0578. The third kappa shape index (κ3) is 4.85. The van der Waals surface area contributed by atoms with Gasteiger partial charge in [0.2, 0.25) is 5.91 Å². The highest BCUT2D eigenvalue weighted by Gasteiger charge is 2.30. The minimum atomic E-state index is -3.25. The lowest BCUT2D eigenvalue weighted by atomic mass is 10.1. The molecule has 3 heterocycles. The molecule has 0 bridgehead atoms. The van der Waals surface area contributed by atoms with E-state index in [0.717, 1.165) is 24.2 Å². The summed E-state index contributed by atoms with van der Waals surface area (Å²) in [5, 5.41) is 1.22. The SMILES string of the molecule is O=C(Cc1ccc(N2CCCC2)cc1)N(Cc1ccncc1)C1C=CS(=O)(=O)C1. The highest BCUT2D eigenvalue weighted by atomic mass is 32.2. The molecule has 7 heteroatoms. The van der Waals surface area contributed by atoms with Crippen LogP contribution in [0.2, 0.25) is 0 Å². The predicted octanol–water partition coefficient (Wildman–Crippen LogP) is 2.56. The van der Waals surface area contributed by atoms with Crippen LogP contribution in [0.4, 0.5) is 5.69 Å². The molecule has 0 saturated carbocycles. The van der Waals surface area contributed by atoms with E-state index in [1.165, 1.54) is 23.9 Å². The van der Waals surface area contributed by atoms with Crippen LogP contribution < -0.4 is 4.90 Å². The molecule has 0 N–H and O–H groups in total. The van der Waals surface area contributed by atoms with Crippen molar-refractivity contribution >= 4 is 21.4 Å². The molecule has 0 radical (unpaired) electrons. The number of pyridine rings is 1. The van der Waals surface area contributed by atoms with Gasteiger partial charge in [-0.3, -0.25) is 9.78 Å². The van der Waals surface area contributed by atoms with Gasteiger partial charge in [-0.15, -0.1) is 0 Å². The van der Waals surface area contributed by atoms with Crippen molar-refractivity contribution < 1.29 is 13.2 Å². The molecular formula is C22H25N3O3S. The zero-order valence-corrected chi connectivity index (χ0v) is 17.1. The molecule has 1 aromatic carbocycles. The average Bonchev–Trinajstić information content (AvgIpc) is 3.37. The van der Waals surface area contributed by atoms with Gasteiger partial charge in [-0.25, -0.2) is 8.42 Å². The lowest BCUT2D eigenvalue weighted by molar-refractivity contribution is -0.132. The third-order valence-corrected chi connectivity index (χ3v) is 6.87. The first-order valence-corrected chi connectivity index (χ1v) is 11.6. The van der Waals surface area contributed by atoms with Crippen molar-refractivity contribution in [3.8, 4) is 0 Å². The van der Waals surface area contributed by atoms with Gasteiger partial charge in [0.15, 0.2) is 9.84 Å². The zero-order valence-electron chi connectivity index (χ0n) is 16.3. The van der Waals surface area contributed by atoms with Crippen molar-refractivity contribution in [2.24, 2.45) is 0 Å². The molecule has 2 aromatic rings. The monoisotopic (exact) mass is 411 g/mol. The molecule has 1 aromatic heterocycles. The molecule has 1 unspecified atom stereocenters. The van der Waals surface area contributed by atoms with E-state index >= 15 is 0 Å². The van der Waals surface area contributed by atoms with Gasteiger partial charge in [0, 0.05) is 43.1 Å². The number of anilines is 1. The fourth-order valence-electron chi connectivity index (χ4n) is 3.90. The molecule has 1 fully saturated rings. The lowest BCUT2D eigenvalue weighted by Crippen LogP contribution is -2.41. The quantitative estimate of drug-likeness (QED) is 0.731. The minimum Gasteiger partial charge on any atom is -0.372 e. The average molecular weight is 412 g/mol. The van der Waals surface area contributed by atoms with Crippen LogP contribution in [-0.2, 0) is 27.6 Å². The third-order valence-electron chi connectivity index (χ3n) is 5.50. The normalized spacial score (nSPS) is 20.1. The Hall–Kier alpha value is -2.67. The standard InChI is InChI=1S/C22H25N3O3S/c26-22(15-18-3-5-20(6-4-18)24-12-1-2-13-24)25(16-19-7-10-23-11-8-19)21-9-14-29(27,28)17-21/h3-11,14,21H,1-2,12-13,15-17H2. The fraction of sp³-hybridized carbons (Fsp3) is 0.364. The molecule has 1 amide bonds. The van der Waals surface area contributed by atoms with Crippen LogP contribution in [0.3, 0.4) is 0 Å². The van der Waals surface area contributed by atoms with Gasteiger partial charge >= 0.3 is 0 Å². The molecule has 1 saturated heterocycles. The maximum atomic E-state index is 13.1. The maximum Gasteiger partial charge on any atom is 0.227 e. The summed E-state index contributed by atoms with van der Waals surface area (Å²) < 4.78 is 23.8. The summed E-state index contributed by atoms with van der Waals surface area (Å²) in [7, 11) is -3.25. The van der Waals surface area contributed by atoms with Gasteiger partial charge in [-0.2, -0.15) is 0 Å². The summed E-state index contributed by atoms with van der Waals surface area (Å²) in [6.07, 6.45) is 7.66. The number of carbonyl (C=O) groups excluding carboxylic acids is 1. The van der Waals surface area contributed by atoms with Gasteiger partial charge in [0.05, 0.1) is 18.2 Å². The van der Waals surface area contributed by atoms with Crippen LogP contribution in [0.15, 0.2) is 60.3 Å². The first kappa shape index (κ1) is 19.6. The van der Waals surface area contributed by atoms with Gasteiger partial charge in [-0.05, 0) is 54.3 Å². The lowest BCUT2D eigenvalue weighted by Gasteiger charge is -2.28. The molecular weight excluding hydrogens is 386 g/mol. The molecule has 1 atom stereocenters. The van der Waals surface area contributed by atoms with E-state index in [4.69, 9.17) is 0 Å². The first-order chi connectivity index (χ1) is 14.0. The topological polar surface area (TPSA) is 70.6 Å². The van der Waals surface area contributed by atoms with Crippen molar-refractivity contribution in [3.05, 3.63) is 71.4 Å². The zero-order chi connectivity index (χ0) is 20.3. The van der Waals surface area contributed by atoms with Crippen molar-refractivity contribution in [1.29, 1.82) is 0 Å². The Balaban J connectivity index is 1.49. The Kier molecular flexibility index (Phi) is 5.67. The van der Waals surface area contributed by atoms with Crippen molar-refractivity contribution in [3.63, 3.8) is 0 Å². The number of nitrogens with zero attached hydrogens (tertiary/aromatic N) is 3. The molecule has 152 valence electrons. The molecule has 0 spiro atoms. The van der Waals surface area contributed by atoms with Crippen molar-refractivity contribution in [2.75, 3.05) is 23.7 Å². The van der Waals surface area contributed by atoms with Crippen LogP contribution in [0, 0.1) is 0 Å². The van der Waals surface area contributed by atoms with Gasteiger partial charge < -0.3 is 9.80 Å². The Morgan fingerprint density at radius 2 is 1.72 bits per heavy atom. The first-order valence-electron chi connectivity index (χ1n) is 9.93. The van der Waals surface area contributed by atoms with E-state index in [1.54, 1.807) is 23.4 Å². The van der Waals surface area contributed by atoms with Crippen LogP contribution in [0.1, 0.15) is 24.0 Å². The van der Waals surface area contributed by atoms with Crippen molar-refractivity contribution in [2.45, 2.75) is 31.8 Å². The van der Waals surface area contributed by atoms with Gasteiger partial charge in [-0.1, -0.05) is 12.1 Å². The summed E-state index contributed by atoms with van der Waals surface area (Å²) in [5.74, 6) is -0.139. The van der Waals surface area contributed by atoms with Crippen LogP contribution in [0.5, 0.6) is 0 Å². The van der Waals surface area contributed by atoms with E-state index < -0.39 is 15.9 Å².